The molecule has 0 spiro atoms. The number of hydrogen-bond acceptors (Lipinski definition) is 7. The minimum absolute atomic E-state index is 0.110. The number of nitrogens with one attached hydrogen (secondary N) is 1. The molecule has 1 aliphatic heterocycles. The molecule has 2 aromatic carbocycles. The van der Waals surface area contributed by atoms with Crippen LogP contribution in [0.15, 0.2) is 52.9 Å². The van der Waals surface area contributed by atoms with Crippen LogP contribution in [0.1, 0.15) is 25.8 Å². The Morgan fingerprint density at radius 2 is 2.03 bits per heavy atom. The average molecular weight is 441 g/mol. The van der Waals surface area contributed by atoms with Gasteiger partial charge in [0.05, 0.1) is 17.5 Å². The summed E-state index contributed by atoms with van der Waals surface area (Å²) >= 11 is 2.88. The molecule has 0 aliphatic carbocycles. The quantitative estimate of drug-likeness (QED) is 0.513. The lowest BCUT2D eigenvalue weighted by molar-refractivity contribution is -0.117. The van der Waals surface area contributed by atoms with Gasteiger partial charge in [-0.25, -0.2) is 0 Å². The van der Waals surface area contributed by atoms with Crippen LogP contribution in [0.2, 0.25) is 0 Å². The lowest BCUT2D eigenvalue weighted by Crippen LogP contribution is -2.40. The molecular weight excluding hydrogens is 416 g/mol. The van der Waals surface area contributed by atoms with Gasteiger partial charge in [-0.1, -0.05) is 53.4 Å². The van der Waals surface area contributed by atoms with Crippen LogP contribution < -0.4 is 15.0 Å². The highest BCUT2D eigenvalue weighted by Gasteiger charge is 2.27. The molecule has 4 rings (SSSR count). The molecule has 30 heavy (non-hydrogen) atoms. The Morgan fingerprint density at radius 1 is 1.23 bits per heavy atom. The molecule has 1 aliphatic rings. The maximum atomic E-state index is 13.1. The van der Waals surface area contributed by atoms with Crippen molar-refractivity contribution >= 4 is 45.5 Å². The molecule has 1 atom stereocenters. The minimum atomic E-state index is -0.243. The van der Waals surface area contributed by atoms with Crippen molar-refractivity contribution in [1.82, 2.24) is 10.2 Å². The van der Waals surface area contributed by atoms with Crippen LogP contribution in [0.4, 0.5) is 16.5 Å². The van der Waals surface area contributed by atoms with Crippen molar-refractivity contribution in [3.63, 3.8) is 0 Å². The van der Waals surface area contributed by atoms with Gasteiger partial charge in [0.1, 0.15) is 5.75 Å². The summed E-state index contributed by atoms with van der Waals surface area (Å²) < 4.78 is 6.41. The Labute approximate surface area is 184 Å². The van der Waals surface area contributed by atoms with E-state index in [1.807, 2.05) is 61.2 Å². The van der Waals surface area contributed by atoms with Gasteiger partial charge in [0.15, 0.2) is 4.34 Å². The van der Waals surface area contributed by atoms with E-state index >= 15 is 0 Å². The molecule has 0 bridgehead atoms. The topological polar surface area (TPSA) is 67.3 Å². The van der Waals surface area contributed by atoms with Gasteiger partial charge in [0.2, 0.25) is 11.0 Å². The molecule has 1 amide bonds. The molecule has 3 aromatic rings. The number of amides is 1. The van der Waals surface area contributed by atoms with E-state index in [0.29, 0.717) is 11.7 Å². The molecule has 8 heteroatoms. The summed E-state index contributed by atoms with van der Waals surface area (Å²) in [5, 5.41) is 12.2. The Balaban J connectivity index is 1.42. The van der Waals surface area contributed by atoms with Gasteiger partial charge in [0.25, 0.3) is 0 Å². The van der Waals surface area contributed by atoms with E-state index in [4.69, 9.17) is 4.74 Å². The summed E-state index contributed by atoms with van der Waals surface area (Å²) in [4.78, 5) is 15.0. The van der Waals surface area contributed by atoms with Crippen LogP contribution in [-0.2, 0) is 11.2 Å². The second-order valence-electron chi connectivity index (χ2n) is 6.91. The number of anilines is 3. The van der Waals surface area contributed by atoms with Crippen molar-refractivity contribution in [2.24, 2.45) is 0 Å². The number of rotatable bonds is 7. The number of thioether (sulfide) groups is 1. The van der Waals surface area contributed by atoms with Gasteiger partial charge in [0, 0.05) is 12.2 Å². The second kappa shape index (κ2) is 9.49. The van der Waals surface area contributed by atoms with Crippen molar-refractivity contribution in [2.75, 3.05) is 23.4 Å². The number of nitrogens with zero attached hydrogens (tertiary/aromatic N) is 3. The summed E-state index contributed by atoms with van der Waals surface area (Å²) in [6, 6.07) is 15.9. The molecular formula is C22H24N4O2S2. The van der Waals surface area contributed by atoms with Gasteiger partial charge in [-0.15, -0.1) is 10.2 Å². The highest BCUT2D eigenvalue weighted by Crippen LogP contribution is 2.35. The lowest BCUT2D eigenvalue weighted by atomic mass is 10.0. The SMILES string of the molecule is CCOc1ccccc1Nc1nnc(S[C@@H](C)C(=O)N2CCCc3ccccc32)s1. The van der Waals surface area contributed by atoms with Crippen molar-refractivity contribution in [3.8, 4) is 5.75 Å². The van der Waals surface area contributed by atoms with Crippen LogP contribution in [0.3, 0.4) is 0 Å². The summed E-state index contributed by atoms with van der Waals surface area (Å²) in [7, 11) is 0. The number of hydrogen-bond donors (Lipinski definition) is 1. The summed E-state index contributed by atoms with van der Waals surface area (Å²) in [6.07, 6.45) is 2.02. The zero-order valence-electron chi connectivity index (χ0n) is 17.0. The van der Waals surface area contributed by atoms with Gasteiger partial charge in [-0.2, -0.15) is 0 Å². The third-order valence-electron chi connectivity index (χ3n) is 4.84. The largest absolute Gasteiger partial charge is 0.492 e. The Hall–Kier alpha value is -2.58. The van der Waals surface area contributed by atoms with Crippen molar-refractivity contribution in [3.05, 3.63) is 54.1 Å². The molecule has 0 unspecified atom stereocenters. The molecule has 2 heterocycles. The predicted octanol–water partition coefficient (Wildman–Crippen LogP) is 5.14. The maximum Gasteiger partial charge on any atom is 0.240 e. The van der Waals surface area contributed by atoms with E-state index in [1.54, 1.807) is 0 Å². The third kappa shape index (κ3) is 4.60. The number of carbonyl (C=O) groups excluding carboxylic acids is 1. The molecule has 6 nitrogen and oxygen atoms in total. The molecule has 0 radical (unpaired) electrons. The number of benzene rings is 2. The summed E-state index contributed by atoms with van der Waals surface area (Å²) in [5.74, 6) is 0.885. The zero-order valence-corrected chi connectivity index (χ0v) is 18.6. The van der Waals surface area contributed by atoms with Crippen LogP contribution in [0, 0.1) is 0 Å². The molecule has 0 saturated heterocycles. The van der Waals surface area contributed by atoms with E-state index in [2.05, 4.69) is 21.6 Å². The van der Waals surface area contributed by atoms with Gasteiger partial charge in [-0.3, -0.25) is 4.79 Å². The van der Waals surface area contributed by atoms with Gasteiger partial charge >= 0.3 is 0 Å². The Morgan fingerprint density at radius 3 is 2.90 bits per heavy atom. The number of ether oxygens (including phenoxy) is 1. The van der Waals surface area contributed by atoms with Crippen molar-refractivity contribution in [1.29, 1.82) is 0 Å². The van der Waals surface area contributed by atoms with E-state index in [9.17, 15) is 4.79 Å². The first-order valence-corrected chi connectivity index (χ1v) is 11.7. The smallest absolute Gasteiger partial charge is 0.240 e. The standard InChI is InChI=1S/C22H24N4O2S2/c1-3-28-19-13-7-5-11-17(19)23-21-24-25-22(30-21)29-15(2)20(27)26-14-8-10-16-9-4-6-12-18(16)26/h4-7,9,11-13,15H,3,8,10,14H2,1-2H3,(H,23,24)/t15-/m0/s1. The average Bonchev–Trinajstić information content (AvgIpc) is 3.21. The first-order valence-electron chi connectivity index (χ1n) is 10.0. The fraction of sp³-hybridized carbons (Fsp3) is 0.318. The fourth-order valence-electron chi connectivity index (χ4n) is 3.46. The predicted molar refractivity (Wildman–Crippen MR) is 123 cm³/mol. The molecule has 1 N–H and O–H groups in total. The normalized spacial score (nSPS) is 14.1. The Bertz CT molecular complexity index is 1020. The minimum Gasteiger partial charge on any atom is -0.492 e. The molecule has 0 saturated carbocycles. The highest BCUT2D eigenvalue weighted by molar-refractivity contribution is 8.02. The summed E-state index contributed by atoms with van der Waals surface area (Å²) in [6.45, 7) is 5.24. The number of carbonyl (C=O) groups is 1. The first kappa shape index (κ1) is 20.7. The zero-order chi connectivity index (χ0) is 20.9. The van der Waals surface area contributed by atoms with E-state index < -0.39 is 0 Å². The highest BCUT2D eigenvalue weighted by atomic mass is 32.2. The molecule has 156 valence electrons. The van der Waals surface area contributed by atoms with E-state index in [0.717, 1.165) is 40.9 Å². The van der Waals surface area contributed by atoms with Crippen LogP contribution >= 0.6 is 23.1 Å². The van der Waals surface area contributed by atoms with Crippen LogP contribution in [-0.4, -0.2) is 34.5 Å². The molecule has 1 aromatic heterocycles. The second-order valence-corrected chi connectivity index (χ2v) is 9.47. The van der Waals surface area contributed by atoms with Crippen molar-refractivity contribution in [2.45, 2.75) is 36.3 Å². The van der Waals surface area contributed by atoms with E-state index in [-0.39, 0.29) is 11.2 Å². The van der Waals surface area contributed by atoms with Gasteiger partial charge < -0.3 is 15.0 Å². The third-order valence-corrected chi connectivity index (χ3v) is 6.85. The fourth-order valence-corrected chi connectivity index (χ4v) is 5.43. The first-order chi connectivity index (χ1) is 14.7. The molecule has 0 fully saturated rings. The van der Waals surface area contributed by atoms with Crippen molar-refractivity contribution < 1.29 is 9.53 Å². The summed E-state index contributed by atoms with van der Waals surface area (Å²) in [5.41, 5.74) is 3.12. The number of aryl methyl sites for hydroxylation is 1. The number of aromatic nitrogens is 2. The van der Waals surface area contributed by atoms with Crippen LogP contribution in [0.25, 0.3) is 0 Å². The van der Waals surface area contributed by atoms with Crippen LogP contribution in [0.5, 0.6) is 5.75 Å². The lowest BCUT2D eigenvalue weighted by Gasteiger charge is -2.31. The van der Waals surface area contributed by atoms with Gasteiger partial charge in [-0.05, 0) is 50.5 Å². The number of fused-ring (bicyclic) bond motifs is 1. The monoisotopic (exact) mass is 440 g/mol. The van der Waals surface area contributed by atoms with E-state index in [1.165, 1.54) is 28.7 Å². The number of para-hydroxylation sites is 3. The Kier molecular flexibility index (Phi) is 6.54. The maximum absolute atomic E-state index is 13.1.